The van der Waals surface area contributed by atoms with Crippen molar-refractivity contribution < 1.29 is 8.78 Å². The predicted octanol–water partition coefficient (Wildman–Crippen LogP) is 4.45. The molecule has 7 heteroatoms. The van der Waals surface area contributed by atoms with Gasteiger partial charge in [-0.15, -0.1) is 11.3 Å². The molecule has 90 valence electrons. The minimum Gasteiger partial charge on any atom is -0.379 e. The minimum atomic E-state index is -0.644. The van der Waals surface area contributed by atoms with Crippen molar-refractivity contribution in [2.24, 2.45) is 0 Å². The molecule has 0 bridgehead atoms. The minimum absolute atomic E-state index is 0.203. The van der Waals surface area contributed by atoms with Gasteiger partial charge >= 0.3 is 0 Å². The van der Waals surface area contributed by atoms with Gasteiger partial charge in [0.2, 0.25) is 0 Å². The fraction of sp³-hybridized carbons (Fsp3) is 0.100. The molecule has 2 aromatic rings. The number of nitrogens with zero attached hydrogens (tertiary/aromatic N) is 1. The summed E-state index contributed by atoms with van der Waals surface area (Å²) in [6, 6.07) is 2.04. The van der Waals surface area contributed by atoms with Gasteiger partial charge in [0.25, 0.3) is 0 Å². The Morgan fingerprint density at radius 3 is 2.82 bits per heavy atom. The second kappa shape index (κ2) is 5.29. The Hall–Kier alpha value is -0.720. The highest BCUT2D eigenvalue weighted by atomic mass is 79.9. The van der Waals surface area contributed by atoms with Crippen molar-refractivity contribution in [1.29, 1.82) is 0 Å². The Bertz CT molecular complexity index is 547. The second-order valence-corrected chi connectivity index (χ2v) is 5.67. The molecule has 0 aliphatic heterocycles. The second-order valence-electron chi connectivity index (χ2n) is 3.18. The molecule has 0 spiro atoms. The van der Waals surface area contributed by atoms with Crippen LogP contribution in [0, 0.1) is 11.6 Å². The van der Waals surface area contributed by atoms with Gasteiger partial charge in [0.05, 0.1) is 16.7 Å². The van der Waals surface area contributed by atoms with E-state index in [1.807, 2.05) is 0 Å². The predicted molar refractivity (Wildman–Crippen MR) is 68.5 cm³/mol. The van der Waals surface area contributed by atoms with Crippen molar-refractivity contribution in [3.05, 3.63) is 43.8 Å². The number of rotatable bonds is 3. The summed E-state index contributed by atoms with van der Waals surface area (Å²) in [7, 11) is 0. The van der Waals surface area contributed by atoms with E-state index in [9.17, 15) is 8.78 Å². The normalized spacial score (nSPS) is 10.6. The monoisotopic (exact) mass is 338 g/mol. The largest absolute Gasteiger partial charge is 0.379 e. The number of aromatic nitrogens is 1. The van der Waals surface area contributed by atoms with Crippen LogP contribution in [0.25, 0.3) is 0 Å². The number of hydrogen-bond acceptors (Lipinski definition) is 3. The topological polar surface area (TPSA) is 24.9 Å². The Kier molecular flexibility index (Phi) is 3.96. The Labute approximate surface area is 114 Å². The zero-order chi connectivity index (χ0) is 12.4. The Morgan fingerprint density at radius 2 is 2.18 bits per heavy atom. The third-order valence-corrected chi connectivity index (χ3v) is 3.89. The number of hydrogen-bond donors (Lipinski definition) is 1. The van der Waals surface area contributed by atoms with Gasteiger partial charge in [-0.1, -0.05) is 11.6 Å². The number of halogens is 4. The SMILES string of the molecule is Fc1cc(F)c(Br)c(NCc2cnc(Cl)s2)c1. The first kappa shape index (κ1) is 12.7. The average molecular weight is 340 g/mol. The van der Waals surface area contributed by atoms with E-state index in [0.717, 1.165) is 10.9 Å². The molecule has 1 aromatic heterocycles. The van der Waals surface area contributed by atoms with Crippen LogP contribution in [-0.4, -0.2) is 4.98 Å². The van der Waals surface area contributed by atoms with E-state index in [0.29, 0.717) is 16.7 Å². The first-order valence-corrected chi connectivity index (χ1v) is 6.53. The molecular formula is C10H6BrClF2N2S. The lowest BCUT2D eigenvalue weighted by Gasteiger charge is -2.08. The summed E-state index contributed by atoms with van der Waals surface area (Å²) in [5.74, 6) is -1.27. The van der Waals surface area contributed by atoms with E-state index >= 15 is 0 Å². The van der Waals surface area contributed by atoms with Gasteiger partial charge in [0, 0.05) is 17.1 Å². The van der Waals surface area contributed by atoms with Crippen molar-refractivity contribution in [1.82, 2.24) is 4.98 Å². The van der Waals surface area contributed by atoms with Crippen LogP contribution in [-0.2, 0) is 6.54 Å². The van der Waals surface area contributed by atoms with Gasteiger partial charge in [-0.05, 0) is 22.0 Å². The summed E-state index contributed by atoms with van der Waals surface area (Å²) in [5, 5.41) is 2.91. The molecule has 1 heterocycles. The Balaban J connectivity index is 2.14. The van der Waals surface area contributed by atoms with E-state index < -0.39 is 11.6 Å². The van der Waals surface area contributed by atoms with Crippen LogP contribution >= 0.6 is 38.9 Å². The molecule has 0 saturated carbocycles. The first-order chi connectivity index (χ1) is 8.06. The average Bonchev–Trinajstić information content (AvgIpc) is 2.67. The molecule has 1 aromatic carbocycles. The lowest BCUT2D eigenvalue weighted by Crippen LogP contribution is -2.00. The molecule has 0 amide bonds. The summed E-state index contributed by atoms with van der Waals surface area (Å²) in [4.78, 5) is 4.75. The molecule has 0 radical (unpaired) electrons. The van der Waals surface area contributed by atoms with E-state index in [1.54, 1.807) is 6.20 Å². The zero-order valence-electron chi connectivity index (χ0n) is 8.31. The highest BCUT2D eigenvalue weighted by Gasteiger charge is 2.09. The molecule has 17 heavy (non-hydrogen) atoms. The van der Waals surface area contributed by atoms with Crippen LogP contribution < -0.4 is 5.32 Å². The van der Waals surface area contributed by atoms with Crippen LogP contribution in [0.5, 0.6) is 0 Å². The van der Waals surface area contributed by atoms with Crippen LogP contribution in [0.4, 0.5) is 14.5 Å². The van der Waals surface area contributed by atoms with Crippen molar-refractivity contribution >= 4 is 44.6 Å². The fourth-order valence-electron chi connectivity index (χ4n) is 1.23. The van der Waals surface area contributed by atoms with E-state index in [-0.39, 0.29) is 4.47 Å². The van der Waals surface area contributed by atoms with Gasteiger partial charge in [-0.25, -0.2) is 13.8 Å². The maximum Gasteiger partial charge on any atom is 0.183 e. The summed E-state index contributed by atoms with van der Waals surface area (Å²) in [6.07, 6.45) is 1.61. The lowest BCUT2D eigenvalue weighted by atomic mass is 10.3. The summed E-state index contributed by atoms with van der Waals surface area (Å²) in [5.41, 5.74) is 0.354. The van der Waals surface area contributed by atoms with Crippen molar-refractivity contribution in [2.45, 2.75) is 6.54 Å². The number of benzene rings is 1. The van der Waals surface area contributed by atoms with Crippen molar-refractivity contribution in [3.63, 3.8) is 0 Å². The van der Waals surface area contributed by atoms with E-state index in [2.05, 4.69) is 26.2 Å². The molecule has 2 rings (SSSR count). The zero-order valence-corrected chi connectivity index (χ0v) is 11.5. The van der Waals surface area contributed by atoms with Crippen molar-refractivity contribution in [2.75, 3.05) is 5.32 Å². The van der Waals surface area contributed by atoms with Gasteiger partial charge in [0.15, 0.2) is 4.47 Å². The van der Waals surface area contributed by atoms with Gasteiger partial charge < -0.3 is 5.32 Å². The van der Waals surface area contributed by atoms with Crippen molar-refractivity contribution in [3.8, 4) is 0 Å². The fourth-order valence-corrected chi connectivity index (χ4v) is 2.52. The highest BCUT2D eigenvalue weighted by molar-refractivity contribution is 9.10. The van der Waals surface area contributed by atoms with Crippen LogP contribution in [0.1, 0.15) is 4.88 Å². The quantitative estimate of drug-likeness (QED) is 0.836. The summed E-state index contributed by atoms with van der Waals surface area (Å²) < 4.78 is 26.9. The van der Waals surface area contributed by atoms with E-state index in [1.165, 1.54) is 17.4 Å². The summed E-state index contributed by atoms with van der Waals surface area (Å²) in [6.45, 7) is 0.409. The van der Waals surface area contributed by atoms with E-state index in [4.69, 9.17) is 11.6 Å². The maximum atomic E-state index is 13.2. The molecule has 0 aliphatic rings. The van der Waals surface area contributed by atoms with Crippen LogP contribution in [0.2, 0.25) is 4.47 Å². The standard InChI is InChI=1S/C10H6BrClF2N2S/c11-9-7(14)1-5(13)2-8(9)15-3-6-4-16-10(12)17-6/h1-2,4,15H,3H2. The molecule has 0 saturated heterocycles. The molecule has 0 atom stereocenters. The summed E-state index contributed by atoms with van der Waals surface area (Å²) >= 11 is 10.0. The molecule has 0 unspecified atom stereocenters. The van der Waals surface area contributed by atoms with Crippen LogP contribution in [0.3, 0.4) is 0 Å². The highest BCUT2D eigenvalue weighted by Crippen LogP contribution is 2.28. The first-order valence-electron chi connectivity index (χ1n) is 4.55. The molecular weight excluding hydrogens is 334 g/mol. The molecule has 0 fully saturated rings. The number of anilines is 1. The lowest BCUT2D eigenvalue weighted by molar-refractivity contribution is 0.580. The third kappa shape index (κ3) is 3.14. The van der Waals surface area contributed by atoms with Gasteiger partial charge in [-0.2, -0.15) is 0 Å². The maximum absolute atomic E-state index is 13.2. The molecule has 1 N–H and O–H groups in total. The number of nitrogens with one attached hydrogen (secondary N) is 1. The van der Waals surface area contributed by atoms with Crippen LogP contribution in [0.15, 0.2) is 22.8 Å². The third-order valence-electron chi connectivity index (χ3n) is 1.97. The molecule has 0 aliphatic carbocycles. The number of thiazole rings is 1. The molecule has 2 nitrogen and oxygen atoms in total. The van der Waals surface area contributed by atoms with Gasteiger partial charge in [0.1, 0.15) is 11.6 Å². The Morgan fingerprint density at radius 1 is 1.41 bits per heavy atom. The smallest absolute Gasteiger partial charge is 0.183 e. The van der Waals surface area contributed by atoms with Gasteiger partial charge in [-0.3, -0.25) is 0 Å².